The van der Waals surface area contributed by atoms with Crippen LogP contribution in [0.3, 0.4) is 0 Å². The van der Waals surface area contributed by atoms with Gasteiger partial charge in [0, 0.05) is 47.8 Å². The molecule has 0 atom stereocenters. The Morgan fingerprint density at radius 3 is 3.04 bits per heavy atom. The quantitative estimate of drug-likeness (QED) is 0.548. The molecule has 2 heterocycles. The molecule has 26 heavy (non-hydrogen) atoms. The molecule has 0 fully saturated rings. The van der Waals surface area contributed by atoms with Gasteiger partial charge in [-0.1, -0.05) is 12.1 Å². The number of hydrogen-bond donors (Lipinski definition) is 2. The number of benzene rings is 1. The molecule has 3 aromatic rings. The third-order valence-corrected chi connectivity index (χ3v) is 5.58. The molecule has 0 aliphatic carbocycles. The predicted molar refractivity (Wildman–Crippen MR) is 107 cm³/mol. The van der Waals surface area contributed by atoms with Crippen molar-refractivity contribution in [3.63, 3.8) is 0 Å². The Bertz CT molecular complexity index is 881. The van der Waals surface area contributed by atoms with E-state index in [-0.39, 0.29) is 5.56 Å². The van der Waals surface area contributed by atoms with Crippen LogP contribution in [-0.4, -0.2) is 34.4 Å². The summed E-state index contributed by atoms with van der Waals surface area (Å²) in [6.07, 6.45) is 3.97. The standard InChI is InChI=1S/C18H20N4O2S2/c1-24-15-4-2-3-13(10-15)9-14-11-21-18(22-17(14)23)20-5-7-25-12-16-19-6-8-26-16/h2-4,6,8,10-11H,5,7,9,12H2,1H3,(H2,20,21,22,23). The third kappa shape index (κ3) is 5.34. The maximum Gasteiger partial charge on any atom is 0.255 e. The van der Waals surface area contributed by atoms with Crippen LogP contribution >= 0.6 is 23.1 Å². The lowest BCUT2D eigenvalue weighted by Gasteiger charge is -2.07. The fourth-order valence-corrected chi connectivity index (χ4v) is 3.93. The van der Waals surface area contributed by atoms with E-state index in [1.807, 2.05) is 35.8 Å². The minimum atomic E-state index is -0.124. The summed E-state index contributed by atoms with van der Waals surface area (Å²) < 4.78 is 5.21. The van der Waals surface area contributed by atoms with E-state index in [0.717, 1.165) is 34.4 Å². The van der Waals surface area contributed by atoms with E-state index in [4.69, 9.17) is 4.74 Å². The Labute approximate surface area is 160 Å². The van der Waals surface area contributed by atoms with Crippen molar-refractivity contribution in [2.45, 2.75) is 12.2 Å². The zero-order chi connectivity index (χ0) is 18.2. The van der Waals surface area contributed by atoms with Gasteiger partial charge in [0.1, 0.15) is 10.8 Å². The maximum atomic E-state index is 12.3. The first-order valence-electron chi connectivity index (χ1n) is 8.15. The van der Waals surface area contributed by atoms with Crippen molar-refractivity contribution in [3.05, 3.63) is 68.5 Å². The van der Waals surface area contributed by atoms with Crippen LogP contribution < -0.4 is 15.6 Å². The molecule has 1 aromatic carbocycles. The first kappa shape index (κ1) is 18.5. The number of thioether (sulfide) groups is 1. The Hall–Kier alpha value is -2.32. The molecule has 0 radical (unpaired) electrons. The van der Waals surface area contributed by atoms with Crippen LogP contribution in [0.25, 0.3) is 0 Å². The lowest BCUT2D eigenvalue weighted by atomic mass is 10.1. The molecular formula is C18H20N4O2S2. The highest BCUT2D eigenvalue weighted by atomic mass is 32.2. The van der Waals surface area contributed by atoms with Crippen molar-refractivity contribution < 1.29 is 4.74 Å². The highest BCUT2D eigenvalue weighted by Crippen LogP contribution is 2.15. The Balaban J connectivity index is 1.49. The fraction of sp³-hybridized carbons (Fsp3) is 0.278. The number of thiazole rings is 1. The Kier molecular flexibility index (Phi) is 6.68. The number of nitrogens with one attached hydrogen (secondary N) is 2. The van der Waals surface area contributed by atoms with Gasteiger partial charge in [-0.25, -0.2) is 9.97 Å². The highest BCUT2D eigenvalue weighted by molar-refractivity contribution is 7.98. The summed E-state index contributed by atoms with van der Waals surface area (Å²) in [5.41, 5.74) is 1.51. The lowest BCUT2D eigenvalue weighted by molar-refractivity contribution is 0.414. The molecule has 0 saturated heterocycles. The van der Waals surface area contributed by atoms with Crippen molar-refractivity contribution in [3.8, 4) is 5.75 Å². The van der Waals surface area contributed by atoms with E-state index in [1.54, 1.807) is 36.4 Å². The third-order valence-electron chi connectivity index (χ3n) is 3.65. The van der Waals surface area contributed by atoms with Gasteiger partial charge in [0.2, 0.25) is 5.95 Å². The second-order valence-corrected chi connectivity index (χ2v) is 7.60. The van der Waals surface area contributed by atoms with E-state index in [2.05, 4.69) is 20.3 Å². The summed E-state index contributed by atoms with van der Waals surface area (Å²) in [5, 5.41) is 6.26. The first-order valence-corrected chi connectivity index (χ1v) is 10.2. The number of aromatic nitrogens is 3. The van der Waals surface area contributed by atoms with Gasteiger partial charge < -0.3 is 10.1 Å². The number of rotatable bonds is 9. The molecule has 0 aliphatic heterocycles. The van der Waals surface area contributed by atoms with Gasteiger partial charge in [-0.05, 0) is 17.7 Å². The summed E-state index contributed by atoms with van der Waals surface area (Å²) in [5.74, 6) is 3.09. The minimum Gasteiger partial charge on any atom is -0.497 e. The number of aromatic amines is 1. The molecule has 0 unspecified atom stereocenters. The maximum absolute atomic E-state index is 12.3. The van der Waals surface area contributed by atoms with Crippen LogP contribution in [0, 0.1) is 0 Å². The summed E-state index contributed by atoms with van der Waals surface area (Å²) in [7, 11) is 1.63. The van der Waals surface area contributed by atoms with Crippen molar-refractivity contribution in [1.82, 2.24) is 15.0 Å². The van der Waals surface area contributed by atoms with Crippen molar-refractivity contribution in [1.29, 1.82) is 0 Å². The molecule has 0 amide bonds. The molecule has 0 bridgehead atoms. The number of anilines is 1. The minimum absolute atomic E-state index is 0.124. The molecule has 2 N–H and O–H groups in total. The van der Waals surface area contributed by atoms with Gasteiger partial charge in [0.15, 0.2) is 0 Å². The van der Waals surface area contributed by atoms with E-state index >= 15 is 0 Å². The van der Waals surface area contributed by atoms with E-state index in [9.17, 15) is 4.79 Å². The van der Waals surface area contributed by atoms with E-state index in [1.165, 1.54) is 0 Å². The molecule has 2 aromatic heterocycles. The van der Waals surface area contributed by atoms with Crippen LogP contribution in [0.4, 0.5) is 5.95 Å². The Morgan fingerprint density at radius 1 is 1.35 bits per heavy atom. The lowest BCUT2D eigenvalue weighted by Crippen LogP contribution is -2.18. The molecule has 3 rings (SSSR count). The molecule has 0 spiro atoms. The number of nitrogens with zero attached hydrogens (tertiary/aromatic N) is 2. The molecule has 0 aliphatic rings. The van der Waals surface area contributed by atoms with Crippen LogP contribution in [0.15, 0.2) is 46.8 Å². The average molecular weight is 389 g/mol. The molecule has 0 saturated carbocycles. The zero-order valence-electron chi connectivity index (χ0n) is 14.4. The van der Waals surface area contributed by atoms with Crippen molar-refractivity contribution in [2.75, 3.05) is 24.7 Å². The van der Waals surface area contributed by atoms with Crippen LogP contribution in [0.2, 0.25) is 0 Å². The molecular weight excluding hydrogens is 368 g/mol. The van der Waals surface area contributed by atoms with Gasteiger partial charge >= 0.3 is 0 Å². The van der Waals surface area contributed by atoms with Gasteiger partial charge in [0.25, 0.3) is 5.56 Å². The number of H-pyrrole nitrogens is 1. The van der Waals surface area contributed by atoms with Crippen LogP contribution in [0.5, 0.6) is 5.75 Å². The van der Waals surface area contributed by atoms with E-state index < -0.39 is 0 Å². The average Bonchev–Trinajstić information content (AvgIpc) is 3.17. The van der Waals surface area contributed by atoms with E-state index in [0.29, 0.717) is 17.9 Å². The number of ether oxygens (including phenoxy) is 1. The van der Waals surface area contributed by atoms with Gasteiger partial charge in [-0.2, -0.15) is 11.8 Å². The highest BCUT2D eigenvalue weighted by Gasteiger charge is 2.05. The summed E-state index contributed by atoms with van der Waals surface area (Å²) in [6, 6.07) is 7.68. The van der Waals surface area contributed by atoms with Gasteiger partial charge in [-0.3, -0.25) is 9.78 Å². The second-order valence-electron chi connectivity index (χ2n) is 5.52. The normalized spacial score (nSPS) is 10.7. The molecule has 6 nitrogen and oxygen atoms in total. The largest absolute Gasteiger partial charge is 0.497 e. The number of hydrogen-bond acceptors (Lipinski definition) is 7. The molecule has 8 heteroatoms. The van der Waals surface area contributed by atoms with Gasteiger partial charge in [-0.15, -0.1) is 11.3 Å². The van der Waals surface area contributed by atoms with Crippen molar-refractivity contribution >= 4 is 29.0 Å². The first-order chi connectivity index (χ1) is 12.7. The molecule has 136 valence electrons. The summed E-state index contributed by atoms with van der Waals surface area (Å²) in [4.78, 5) is 23.6. The number of methoxy groups -OCH3 is 1. The second kappa shape index (κ2) is 9.40. The Morgan fingerprint density at radius 2 is 2.27 bits per heavy atom. The predicted octanol–water partition coefficient (Wildman–Crippen LogP) is 3.17. The zero-order valence-corrected chi connectivity index (χ0v) is 16.0. The van der Waals surface area contributed by atoms with Crippen LogP contribution in [0.1, 0.15) is 16.1 Å². The van der Waals surface area contributed by atoms with Gasteiger partial charge in [0.05, 0.1) is 7.11 Å². The topological polar surface area (TPSA) is 79.9 Å². The monoisotopic (exact) mass is 388 g/mol. The SMILES string of the molecule is COc1cccc(Cc2cnc(NCCSCc3nccs3)[nH]c2=O)c1. The smallest absolute Gasteiger partial charge is 0.255 e. The fourth-order valence-electron chi connectivity index (χ4n) is 2.36. The van der Waals surface area contributed by atoms with Crippen LogP contribution in [-0.2, 0) is 12.2 Å². The van der Waals surface area contributed by atoms with Crippen molar-refractivity contribution in [2.24, 2.45) is 0 Å². The summed E-state index contributed by atoms with van der Waals surface area (Å²) in [6.45, 7) is 0.730. The summed E-state index contributed by atoms with van der Waals surface area (Å²) >= 11 is 3.46.